The van der Waals surface area contributed by atoms with E-state index in [-0.39, 0.29) is 4.71 Å². The van der Waals surface area contributed by atoms with Gasteiger partial charge in [-0.2, -0.15) is 4.73 Å². The maximum atomic E-state index is 11.8. The third kappa shape index (κ3) is 1.27. The van der Waals surface area contributed by atoms with Gasteiger partial charge in [0.1, 0.15) is 0 Å². The average molecular weight is 229 g/mol. The molecule has 0 spiro atoms. The van der Waals surface area contributed by atoms with Gasteiger partial charge in [0.15, 0.2) is 0 Å². The number of hydrogen-bond donors (Lipinski definition) is 0. The highest BCUT2D eigenvalue weighted by molar-refractivity contribution is 7.71. The van der Waals surface area contributed by atoms with Gasteiger partial charge in [-0.15, -0.1) is 0 Å². The minimum atomic E-state index is 0.192. The number of aromatic nitrogens is 1. The zero-order chi connectivity index (χ0) is 11.1. The van der Waals surface area contributed by atoms with Gasteiger partial charge in [-0.25, -0.2) is 0 Å². The molecule has 78 valence electrons. The summed E-state index contributed by atoms with van der Waals surface area (Å²) in [6, 6.07) is 11.4. The molecule has 0 N–H and O–H groups in total. The molecule has 0 unspecified atom stereocenters. The molecule has 2 aromatic carbocycles. The standard InChI is InChI=1S/C12H7NO2S/c14-13-7-11(16)15-10-6-5-8-3-1-2-4-9(8)12(10)13/h1-7H. The number of rotatable bonds is 0. The molecule has 1 heterocycles. The van der Waals surface area contributed by atoms with Crippen molar-refractivity contribution in [2.75, 3.05) is 0 Å². The van der Waals surface area contributed by atoms with Gasteiger partial charge in [-0.05, 0) is 29.7 Å². The number of fused-ring (bicyclic) bond motifs is 3. The van der Waals surface area contributed by atoms with Crippen molar-refractivity contribution in [3.05, 3.63) is 52.5 Å². The van der Waals surface area contributed by atoms with E-state index in [0.717, 1.165) is 15.5 Å². The summed E-state index contributed by atoms with van der Waals surface area (Å²) >= 11 is 4.86. The summed E-state index contributed by atoms with van der Waals surface area (Å²) in [6.07, 6.45) is 1.27. The largest absolute Gasteiger partial charge is 0.618 e. The van der Waals surface area contributed by atoms with Crippen molar-refractivity contribution < 1.29 is 9.15 Å². The normalized spacial score (nSPS) is 11.0. The third-order valence-electron chi connectivity index (χ3n) is 2.52. The van der Waals surface area contributed by atoms with Gasteiger partial charge in [-0.1, -0.05) is 24.3 Å². The van der Waals surface area contributed by atoms with Crippen LogP contribution >= 0.6 is 12.2 Å². The monoisotopic (exact) mass is 229 g/mol. The first-order chi connectivity index (χ1) is 7.75. The van der Waals surface area contributed by atoms with Gasteiger partial charge in [0.25, 0.3) is 10.2 Å². The SMILES string of the molecule is [O-][n+]1cc(=S)oc2ccc3ccccc3c21. The molecule has 3 nitrogen and oxygen atoms in total. The minimum absolute atomic E-state index is 0.192. The topological polar surface area (TPSA) is 40.1 Å². The summed E-state index contributed by atoms with van der Waals surface area (Å²) in [4.78, 5) is 0. The van der Waals surface area contributed by atoms with Crippen LogP contribution in [-0.2, 0) is 0 Å². The van der Waals surface area contributed by atoms with Crippen LogP contribution in [0.15, 0.2) is 47.0 Å². The van der Waals surface area contributed by atoms with E-state index in [4.69, 9.17) is 16.6 Å². The Bertz CT molecular complexity index is 749. The molecule has 16 heavy (non-hydrogen) atoms. The zero-order valence-electron chi connectivity index (χ0n) is 8.21. The molecule has 1 aromatic heterocycles. The molecule has 0 fully saturated rings. The zero-order valence-corrected chi connectivity index (χ0v) is 9.03. The van der Waals surface area contributed by atoms with Gasteiger partial charge in [0, 0.05) is 0 Å². The van der Waals surface area contributed by atoms with E-state index in [9.17, 15) is 5.21 Å². The molecule has 0 atom stereocenters. The Morgan fingerprint density at radius 1 is 1.12 bits per heavy atom. The first-order valence-corrected chi connectivity index (χ1v) is 5.21. The summed E-state index contributed by atoms with van der Waals surface area (Å²) in [6.45, 7) is 0. The lowest BCUT2D eigenvalue weighted by atomic mass is 10.1. The molecule has 0 amide bonds. The van der Waals surface area contributed by atoms with E-state index in [1.165, 1.54) is 6.20 Å². The molecular weight excluding hydrogens is 222 g/mol. The molecule has 0 aliphatic heterocycles. The molecule has 3 rings (SSSR count). The molecule has 0 aliphatic rings. The van der Waals surface area contributed by atoms with Crippen molar-refractivity contribution in [2.24, 2.45) is 0 Å². The van der Waals surface area contributed by atoms with Crippen LogP contribution in [0.25, 0.3) is 21.9 Å². The minimum Gasteiger partial charge on any atom is -0.618 e. The van der Waals surface area contributed by atoms with Gasteiger partial charge in [0.05, 0.1) is 5.39 Å². The van der Waals surface area contributed by atoms with Crippen LogP contribution in [0, 0.1) is 9.91 Å². The lowest BCUT2D eigenvalue weighted by Gasteiger charge is -2.03. The van der Waals surface area contributed by atoms with E-state index in [0.29, 0.717) is 11.1 Å². The molecule has 0 radical (unpaired) electrons. The molecule has 0 saturated carbocycles. The van der Waals surface area contributed by atoms with Crippen molar-refractivity contribution in [3.63, 3.8) is 0 Å². The average Bonchev–Trinajstić information content (AvgIpc) is 2.28. The van der Waals surface area contributed by atoms with Crippen LogP contribution in [0.5, 0.6) is 0 Å². The Morgan fingerprint density at radius 2 is 1.94 bits per heavy atom. The predicted molar refractivity (Wildman–Crippen MR) is 63.5 cm³/mol. The maximum Gasteiger partial charge on any atom is 0.267 e. The van der Waals surface area contributed by atoms with E-state index < -0.39 is 0 Å². The summed E-state index contributed by atoms with van der Waals surface area (Å²) in [5, 5.41) is 13.7. The van der Waals surface area contributed by atoms with E-state index in [2.05, 4.69) is 0 Å². The molecule has 0 bridgehead atoms. The van der Waals surface area contributed by atoms with E-state index in [1.807, 2.05) is 30.3 Å². The summed E-state index contributed by atoms with van der Waals surface area (Å²) < 4.78 is 6.30. The predicted octanol–water partition coefficient (Wildman–Crippen LogP) is 2.95. The van der Waals surface area contributed by atoms with Crippen LogP contribution in [-0.4, -0.2) is 0 Å². The van der Waals surface area contributed by atoms with Crippen LogP contribution in [0.4, 0.5) is 0 Å². The summed E-state index contributed by atoms with van der Waals surface area (Å²) in [5.41, 5.74) is 1.04. The Labute approximate surface area is 96.1 Å². The smallest absolute Gasteiger partial charge is 0.267 e. The number of hydrogen-bond acceptors (Lipinski definition) is 3. The molecular formula is C12H7NO2S. The van der Waals surface area contributed by atoms with Crippen LogP contribution in [0.1, 0.15) is 0 Å². The second kappa shape index (κ2) is 3.28. The van der Waals surface area contributed by atoms with Crippen molar-refractivity contribution in [3.8, 4) is 0 Å². The molecule has 0 saturated heterocycles. The highest BCUT2D eigenvalue weighted by atomic mass is 32.1. The van der Waals surface area contributed by atoms with Gasteiger partial charge in [-0.3, -0.25) is 0 Å². The van der Waals surface area contributed by atoms with Crippen LogP contribution < -0.4 is 4.73 Å². The number of nitrogens with zero attached hydrogens (tertiary/aromatic N) is 1. The summed E-state index contributed by atoms with van der Waals surface area (Å²) in [5.74, 6) is 0. The fourth-order valence-corrected chi connectivity index (χ4v) is 2.03. The molecule has 3 aromatic rings. The molecule has 4 heteroatoms. The Morgan fingerprint density at radius 3 is 2.81 bits per heavy atom. The lowest BCUT2D eigenvalue weighted by Crippen LogP contribution is -2.26. The third-order valence-corrected chi connectivity index (χ3v) is 2.71. The van der Waals surface area contributed by atoms with Crippen LogP contribution in [0.2, 0.25) is 0 Å². The highest BCUT2D eigenvalue weighted by Crippen LogP contribution is 2.22. The van der Waals surface area contributed by atoms with Crippen LogP contribution in [0.3, 0.4) is 0 Å². The van der Waals surface area contributed by atoms with Gasteiger partial charge >= 0.3 is 0 Å². The fourth-order valence-electron chi connectivity index (χ4n) is 1.84. The second-order valence-electron chi connectivity index (χ2n) is 3.51. The number of benzene rings is 2. The fraction of sp³-hybridized carbons (Fsp3) is 0. The van der Waals surface area contributed by atoms with Crippen molar-refractivity contribution in [1.29, 1.82) is 0 Å². The van der Waals surface area contributed by atoms with E-state index >= 15 is 0 Å². The Hall–Kier alpha value is -1.94. The second-order valence-corrected chi connectivity index (χ2v) is 3.91. The first-order valence-electron chi connectivity index (χ1n) is 4.80. The summed E-state index contributed by atoms with van der Waals surface area (Å²) in [7, 11) is 0. The van der Waals surface area contributed by atoms with E-state index in [1.54, 1.807) is 6.07 Å². The lowest BCUT2D eigenvalue weighted by molar-refractivity contribution is -0.578. The Kier molecular flexibility index (Phi) is 1.91. The van der Waals surface area contributed by atoms with Crippen molar-refractivity contribution in [1.82, 2.24) is 0 Å². The van der Waals surface area contributed by atoms with Gasteiger partial charge < -0.3 is 9.62 Å². The molecule has 0 aliphatic carbocycles. The highest BCUT2D eigenvalue weighted by Gasteiger charge is 2.10. The quantitative estimate of drug-likeness (QED) is 0.257. The Balaban J connectivity index is 2.65. The van der Waals surface area contributed by atoms with Crippen molar-refractivity contribution in [2.45, 2.75) is 0 Å². The first kappa shape index (κ1) is 9.30. The maximum absolute atomic E-state index is 11.8. The van der Waals surface area contributed by atoms with Gasteiger partial charge in [0.2, 0.25) is 11.8 Å². The van der Waals surface area contributed by atoms with Crippen molar-refractivity contribution >= 4 is 34.1 Å².